The minimum Gasteiger partial charge on any atom is -0.462 e. The molecule has 2 N–H and O–H groups in total. The van der Waals surface area contributed by atoms with Gasteiger partial charge in [0.2, 0.25) is 0 Å². The van der Waals surface area contributed by atoms with E-state index in [2.05, 4.69) is 10.5 Å². The zero-order valence-corrected chi connectivity index (χ0v) is 7.87. The summed E-state index contributed by atoms with van der Waals surface area (Å²) in [5.74, 6) is -3.16. The van der Waals surface area contributed by atoms with Crippen LogP contribution in [0.15, 0.2) is 24.3 Å². The average molecular weight is 217 g/mol. The van der Waals surface area contributed by atoms with Gasteiger partial charge >= 0.3 is 11.9 Å². The van der Waals surface area contributed by atoms with E-state index in [1.807, 2.05) is 0 Å². The minimum atomic E-state index is -1.07. The van der Waals surface area contributed by atoms with E-state index < -0.39 is 23.5 Å². The van der Waals surface area contributed by atoms with Crippen molar-refractivity contribution < 1.29 is 23.1 Å². The van der Waals surface area contributed by atoms with Crippen molar-refractivity contribution in [2.24, 2.45) is 5.73 Å². The summed E-state index contributed by atoms with van der Waals surface area (Å²) in [5.41, 5.74) is 4.43. The molecule has 1 rings (SSSR count). The first-order valence-electron chi connectivity index (χ1n) is 3.76. The van der Waals surface area contributed by atoms with Crippen LogP contribution in [0.2, 0.25) is 0 Å². The van der Waals surface area contributed by atoms with E-state index in [4.69, 9.17) is 0 Å². The van der Waals surface area contributed by atoms with Gasteiger partial charge in [-0.25, -0.2) is 13.6 Å². The summed E-state index contributed by atoms with van der Waals surface area (Å²) < 4.78 is 27.8. The number of hydrogen-bond acceptors (Lipinski definition) is 3. The smallest absolute Gasteiger partial charge is 0.396 e. The molecule has 15 heavy (non-hydrogen) atoms. The first-order chi connectivity index (χ1) is 6.97. The monoisotopic (exact) mass is 217 g/mol. The lowest BCUT2D eigenvalue weighted by Crippen LogP contribution is -2.23. The van der Waals surface area contributed by atoms with Crippen LogP contribution in [0.5, 0.6) is 0 Å². The van der Waals surface area contributed by atoms with Crippen LogP contribution in [0.3, 0.4) is 0 Å². The maximum atomic E-state index is 11.9. The van der Waals surface area contributed by atoms with Gasteiger partial charge in [0, 0.05) is 6.07 Å². The molecule has 0 bridgehead atoms. The first-order valence-corrected chi connectivity index (χ1v) is 3.76. The van der Waals surface area contributed by atoms with Gasteiger partial charge < -0.3 is 10.5 Å². The number of ether oxygens (including phenoxy) is 1. The second kappa shape index (κ2) is 6.47. The van der Waals surface area contributed by atoms with Gasteiger partial charge in [0.1, 0.15) is 11.6 Å². The summed E-state index contributed by atoms with van der Waals surface area (Å²) in [7, 11) is 1.09. The van der Waals surface area contributed by atoms with E-state index in [0.29, 0.717) is 0 Å². The molecule has 0 aliphatic heterocycles. The number of methoxy groups -OCH3 is 1. The van der Waals surface area contributed by atoms with Gasteiger partial charge in [-0.3, -0.25) is 4.79 Å². The lowest BCUT2D eigenvalue weighted by atomic mass is 10.3. The molecule has 1 aromatic carbocycles. The zero-order chi connectivity index (χ0) is 11.8. The molecule has 0 spiro atoms. The summed E-state index contributed by atoms with van der Waals surface area (Å²) in [5, 5.41) is 0. The third-order valence-electron chi connectivity index (χ3n) is 1.17. The van der Waals surface area contributed by atoms with Crippen LogP contribution < -0.4 is 5.73 Å². The molecule has 6 heteroatoms. The van der Waals surface area contributed by atoms with Crippen LogP contribution in [0, 0.1) is 11.6 Å². The van der Waals surface area contributed by atoms with Crippen LogP contribution in [0.1, 0.15) is 0 Å². The number of rotatable bonds is 0. The topological polar surface area (TPSA) is 69.4 Å². The van der Waals surface area contributed by atoms with E-state index >= 15 is 0 Å². The Bertz CT molecular complexity index is 338. The molecule has 0 aromatic heterocycles. The highest BCUT2D eigenvalue weighted by Crippen LogP contribution is 1.99. The third-order valence-corrected chi connectivity index (χ3v) is 1.17. The fraction of sp³-hybridized carbons (Fsp3) is 0.111. The van der Waals surface area contributed by atoms with Gasteiger partial charge in [-0.2, -0.15) is 0 Å². The quantitative estimate of drug-likeness (QED) is 0.511. The predicted molar refractivity (Wildman–Crippen MR) is 47.6 cm³/mol. The van der Waals surface area contributed by atoms with Gasteiger partial charge in [0.05, 0.1) is 7.11 Å². The van der Waals surface area contributed by atoms with Crippen LogP contribution in [-0.2, 0) is 14.3 Å². The molecule has 1 amide bonds. The highest BCUT2D eigenvalue weighted by molar-refractivity contribution is 6.31. The molecule has 0 unspecified atom stereocenters. The first kappa shape index (κ1) is 13.0. The average Bonchev–Trinajstić information content (AvgIpc) is 2.17. The molecule has 0 heterocycles. The lowest BCUT2D eigenvalue weighted by molar-refractivity contribution is -0.151. The molecule has 0 saturated heterocycles. The van der Waals surface area contributed by atoms with E-state index in [1.165, 1.54) is 18.2 Å². The molecule has 4 nitrogen and oxygen atoms in total. The number of benzene rings is 1. The van der Waals surface area contributed by atoms with Gasteiger partial charge in [-0.05, 0) is 12.1 Å². The number of nitrogens with two attached hydrogens (primary N) is 1. The maximum Gasteiger partial charge on any atom is 0.396 e. The van der Waals surface area contributed by atoms with Crippen molar-refractivity contribution >= 4 is 11.9 Å². The van der Waals surface area contributed by atoms with Crippen molar-refractivity contribution in [3.8, 4) is 0 Å². The molecule has 0 radical (unpaired) electrons. The normalized spacial score (nSPS) is 8.47. The number of carbonyl (C=O) groups excluding carboxylic acids is 2. The highest BCUT2D eigenvalue weighted by Gasteiger charge is 2.04. The Morgan fingerprint density at radius 3 is 1.87 bits per heavy atom. The van der Waals surface area contributed by atoms with E-state index in [9.17, 15) is 18.4 Å². The Hall–Kier alpha value is -1.98. The number of amides is 1. The van der Waals surface area contributed by atoms with Gasteiger partial charge in [0.25, 0.3) is 0 Å². The molecular formula is C9H9F2NO3. The molecule has 0 fully saturated rings. The van der Waals surface area contributed by atoms with Gasteiger partial charge in [-0.15, -0.1) is 0 Å². The molecule has 0 aliphatic carbocycles. The van der Waals surface area contributed by atoms with Crippen LogP contribution in [-0.4, -0.2) is 19.0 Å². The largest absolute Gasteiger partial charge is 0.462 e. The Morgan fingerprint density at radius 2 is 1.73 bits per heavy atom. The summed E-state index contributed by atoms with van der Waals surface area (Å²) in [6, 6.07) is 4.55. The summed E-state index contributed by atoms with van der Waals surface area (Å²) in [6.45, 7) is 0. The summed E-state index contributed by atoms with van der Waals surface area (Å²) >= 11 is 0. The third kappa shape index (κ3) is 6.14. The van der Waals surface area contributed by atoms with Crippen molar-refractivity contribution in [2.75, 3.05) is 7.11 Å². The Morgan fingerprint density at radius 1 is 1.27 bits per heavy atom. The zero-order valence-electron chi connectivity index (χ0n) is 7.87. The Kier molecular flexibility index (Phi) is 5.62. The molecule has 0 aliphatic rings. The number of esters is 1. The molecular weight excluding hydrogens is 208 g/mol. The van der Waals surface area contributed by atoms with Crippen molar-refractivity contribution in [1.29, 1.82) is 0 Å². The van der Waals surface area contributed by atoms with Crippen LogP contribution in [0.25, 0.3) is 0 Å². The molecule has 0 atom stereocenters. The van der Waals surface area contributed by atoms with Crippen molar-refractivity contribution in [3.05, 3.63) is 35.9 Å². The second-order valence-corrected chi connectivity index (χ2v) is 2.30. The summed E-state index contributed by atoms with van der Waals surface area (Å²) in [4.78, 5) is 19.5. The highest BCUT2D eigenvalue weighted by atomic mass is 19.1. The number of hydrogen-bond donors (Lipinski definition) is 1. The Balaban J connectivity index is 0.000000265. The molecule has 82 valence electrons. The lowest BCUT2D eigenvalue weighted by Gasteiger charge is -1.86. The van der Waals surface area contributed by atoms with Crippen molar-refractivity contribution in [1.82, 2.24) is 0 Å². The molecule has 1 aromatic rings. The van der Waals surface area contributed by atoms with Crippen LogP contribution >= 0.6 is 0 Å². The van der Waals surface area contributed by atoms with Crippen LogP contribution in [0.4, 0.5) is 8.78 Å². The fourth-order valence-corrected chi connectivity index (χ4v) is 0.561. The Labute approximate surface area is 84.6 Å². The van der Waals surface area contributed by atoms with E-state index in [1.54, 1.807) is 0 Å². The second-order valence-electron chi connectivity index (χ2n) is 2.30. The van der Waals surface area contributed by atoms with Crippen molar-refractivity contribution in [3.63, 3.8) is 0 Å². The predicted octanol–water partition coefficient (Wildman–Crippen LogP) is 0.609. The van der Waals surface area contributed by atoms with Gasteiger partial charge in [0.15, 0.2) is 0 Å². The fourth-order valence-electron chi connectivity index (χ4n) is 0.561. The summed E-state index contributed by atoms with van der Waals surface area (Å²) in [6.07, 6.45) is 0. The number of halogens is 2. The van der Waals surface area contributed by atoms with E-state index in [0.717, 1.165) is 13.2 Å². The van der Waals surface area contributed by atoms with Gasteiger partial charge in [-0.1, -0.05) is 6.07 Å². The minimum absolute atomic E-state index is 0.537. The number of carbonyl (C=O) groups is 2. The number of primary amides is 1. The van der Waals surface area contributed by atoms with E-state index in [-0.39, 0.29) is 0 Å². The van der Waals surface area contributed by atoms with Crippen molar-refractivity contribution in [2.45, 2.75) is 0 Å². The SMILES string of the molecule is COC(=O)C(N)=O.Fc1cccc(F)c1. The maximum absolute atomic E-state index is 11.9. The standard InChI is InChI=1S/C6H4F2.C3H5NO3/c7-5-2-1-3-6(8)4-5;1-7-3(6)2(4)5/h1-4H;1H3,(H2,4,5). The molecule has 0 saturated carbocycles.